The molecule has 1 unspecified atom stereocenters. The lowest BCUT2D eigenvalue weighted by Crippen LogP contribution is -2.08. The number of imidazole rings is 1. The third kappa shape index (κ3) is 2.79. The lowest BCUT2D eigenvalue weighted by Gasteiger charge is -2.15. The highest BCUT2D eigenvalue weighted by Crippen LogP contribution is 2.26. The molecule has 6 heteroatoms. The van der Waals surface area contributed by atoms with Gasteiger partial charge in [-0.3, -0.25) is 0 Å². The van der Waals surface area contributed by atoms with Gasteiger partial charge in [0.25, 0.3) is 0 Å². The molecule has 2 N–H and O–H groups in total. The van der Waals surface area contributed by atoms with E-state index in [9.17, 15) is 0 Å². The molecule has 1 atom stereocenters. The standard InChI is InChI=1S/C15H17N5O/c1-3-16-15-19-13-12(17-9-18-13)14(20-15)21-10(2)11-7-5-4-6-8-11/h4-10H,3H2,1-2H3,(H2,16,17,18,19,20). The average molecular weight is 283 g/mol. The van der Waals surface area contributed by atoms with E-state index in [1.165, 1.54) is 0 Å². The Morgan fingerprint density at radius 1 is 1.24 bits per heavy atom. The van der Waals surface area contributed by atoms with E-state index in [1.807, 2.05) is 44.2 Å². The lowest BCUT2D eigenvalue weighted by molar-refractivity contribution is 0.220. The van der Waals surface area contributed by atoms with Gasteiger partial charge in [0.15, 0.2) is 5.65 Å². The van der Waals surface area contributed by atoms with Crippen molar-refractivity contribution in [1.82, 2.24) is 19.9 Å². The molecular formula is C15H17N5O. The fraction of sp³-hybridized carbons (Fsp3) is 0.267. The number of aromatic nitrogens is 4. The molecule has 1 aromatic carbocycles. The molecule has 21 heavy (non-hydrogen) atoms. The van der Waals surface area contributed by atoms with Gasteiger partial charge in [0.05, 0.1) is 6.33 Å². The largest absolute Gasteiger partial charge is 0.468 e. The van der Waals surface area contributed by atoms with Crippen molar-refractivity contribution < 1.29 is 4.74 Å². The molecule has 0 bridgehead atoms. The fourth-order valence-corrected chi connectivity index (χ4v) is 2.09. The van der Waals surface area contributed by atoms with Crippen LogP contribution in [0, 0.1) is 0 Å². The van der Waals surface area contributed by atoms with Crippen LogP contribution in [-0.2, 0) is 0 Å². The quantitative estimate of drug-likeness (QED) is 0.753. The number of rotatable bonds is 5. The van der Waals surface area contributed by atoms with E-state index >= 15 is 0 Å². The minimum atomic E-state index is -0.109. The van der Waals surface area contributed by atoms with Crippen LogP contribution >= 0.6 is 0 Å². The van der Waals surface area contributed by atoms with Gasteiger partial charge in [0.1, 0.15) is 11.6 Å². The van der Waals surface area contributed by atoms with Crippen LogP contribution < -0.4 is 10.1 Å². The van der Waals surface area contributed by atoms with Gasteiger partial charge in [-0.2, -0.15) is 9.97 Å². The Balaban J connectivity index is 1.93. The van der Waals surface area contributed by atoms with Crippen LogP contribution in [0.25, 0.3) is 11.2 Å². The number of fused-ring (bicyclic) bond motifs is 1. The Morgan fingerprint density at radius 3 is 2.81 bits per heavy atom. The number of hydrogen-bond donors (Lipinski definition) is 2. The van der Waals surface area contributed by atoms with Crippen molar-refractivity contribution in [3.05, 3.63) is 42.2 Å². The van der Waals surface area contributed by atoms with Gasteiger partial charge < -0.3 is 15.0 Å². The molecule has 3 aromatic rings. The minimum absolute atomic E-state index is 0.109. The van der Waals surface area contributed by atoms with Gasteiger partial charge in [0, 0.05) is 6.54 Å². The Hall–Kier alpha value is -2.63. The predicted octanol–water partition coefficient (Wildman–Crippen LogP) is 2.92. The van der Waals surface area contributed by atoms with Gasteiger partial charge >= 0.3 is 0 Å². The summed E-state index contributed by atoms with van der Waals surface area (Å²) < 4.78 is 6.00. The second-order valence-electron chi connectivity index (χ2n) is 4.65. The molecule has 2 aromatic heterocycles. The minimum Gasteiger partial charge on any atom is -0.468 e. The van der Waals surface area contributed by atoms with Crippen LogP contribution in [0.1, 0.15) is 25.5 Å². The van der Waals surface area contributed by atoms with E-state index in [2.05, 4.69) is 25.3 Å². The fourth-order valence-electron chi connectivity index (χ4n) is 2.09. The summed E-state index contributed by atoms with van der Waals surface area (Å²) in [6.07, 6.45) is 1.48. The highest BCUT2D eigenvalue weighted by molar-refractivity contribution is 5.76. The summed E-state index contributed by atoms with van der Waals surface area (Å²) in [5.74, 6) is 1.03. The summed E-state index contributed by atoms with van der Waals surface area (Å²) in [6.45, 7) is 4.72. The molecule has 0 amide bonds. The Bertz CT molecular complexity index is 725. The van der Waals surface area contributed by atoms with E-state index < -0.39 is 0 Å². The summed E-state index contributed by atoms with van der Waals surface area (Å²) in [6, 6.07) is 10.0. The zero-order chi connectivity index (χ0) is 14.7. The van der Waals surface area contributed by atoms with Crippen molar-refractivity contribution in [3.63, 3.8) is 0 Å². The van der Waals surface area contributed by atoms with Gasteiger partial charge in [-0.1, -0.05) is 30.3 Å². The summed E-state index contributed by atoms with van der Waals surface area (Å²) in [4.78, 5) is 15.9. The van der Waals surface area contributed by atoms with E-state index in [0.717, 1.165) is 12.1 Å². The SMILES string of the molecule is CCNc1nc(OC(C)c2ccccc2)c2[nH]cnc2n1. The first-order chi connectivity index (χ1) is 10.3. The topological polar surface area (TPSA) is 75.7 Å². The molecule has 0 aliphatic rings. The monoisotopic (exact) mass is 283 g/mol. The zero-order valence-electron chi connectivity index (χ0n) is 12.0. The number of benzene rings is 1. The normalized spacial score (nSPS) is 12.3. The van der Waals surface area contributed by atoms with Crippen LogP contribution in [0.5, 0.6) is 5.88 Å². The van der Waals surface area contributed by atoms with Crippen LogP contribution in [0.15, 0.2) is 36.7 Å². The number of anilines is 1. The third-order valence-electron chi connectivity index (χ3n) is 3.14. The molecule has 0 spiro atoms. The van der Waals surface area contributed by atoms with Crippen molar-refractivity contribution in [2.24, 2.45) is 0 Å². The first kappa shape index (κ1) is 13.4. The molecule has 0 fully saturated rings. The molecule has 3 rings (SSSR count). The van der Waals surface area contributed by atoms with Crippen molar-refractivity contribution in [2.75, 3.05) is 11.9 Å². The highest BCUT2D eigenvalue weighted by atomic mass is 16.5. The average Bonchev–Trinajstić information content (AvgIpc) is 2.97. The molecule has 0 saturated heterocycles. The maximum absolute atomic E-state index is 6.00. The Kier molecular flexibility index (Phi) is 3.68. The summed E-state index contributed by atoms with van der Waals surface area (Å²) in [5, 5.41) is 3.09. The van der Waals surface area contributed by atoms with Crippen LogP contribution in [-0.4, -0.2) is 26.5 Å². The second-order valence-corrected chi connectivity index (χ2v) is 4.65. The first-order valence-electron chi connectivity index (χ1n) is 6.94. The third-order valence-corrected chi connectivity index (χ3v) is 3.14. The number of H-pyrrole nitrogens is 1. The number of nitrogens with zero attached hydrogens (tertiary/aromatic N) is 3. The van der Waals surface area contributed by atoms with Crippen molar-refractivity contribution in [2.45, 2.75) is 20.0 Å². The molecule has 0 aliphatic carbocycles. The smallest absolute Gasteiger partial charge is 0.245 e. The van der Waals surface area contributed by atoms with Crippen LogP contribution in [0.2, 0.25) is 0 Å². The van der Waals surface area contributed by atoms with Crippen molar-refractivity contribution >= 4 is 17.1 Å². The number of hydrogen-bond acceptors (Lipinski definition) is 5. The van der Waals surface area contributed by atoms with Gasteiger partial charge in [-0.25, -0.2) is 4.98 Å². The molecule has 0 radical (unpaired) electrons. The number of aromatic amines is 1. The van der Waals surface area contributed by atoms with E-state index in [4.69, 9.17) is 4.74 Å². The van der Waals surface area contributed by atoms with Crippen molar-refractivity contribution in [1.29, 1.82) is 0 Å². The Morgan fingerprint density at radius 2 is 2.05 bits per heavy atom. The molecule has 2 heterocycles. The molecule has 0 aliphatic heterocycles. The highest BCUT2D eigenvalue weighted by Gasteiger charge is 2.14. The van der Waals surface area contributed by atoms with Gasteiger partial charge in [-0.15, -0.1) is 0 Å². The summed E-state index contributed by atoms with van der Waals surface area (Å²) >= 11 is 0. The number of nitrogens with one attached hydrogen (secondary N) is 2. The zero-order valence-corrected chi connectivity index (χ0v) is 12.0. The molecule has 0 saturated carbocycles. The maximum atomic E-state index is 6.00. The number of ether oxygens (including phenoxy) is 1. The van der Waals surface area contributed by atoms with E-state index in [0.29, 0.717) is 23.0 Å². The van der Waals surface area contributed by atoms with E-state index in [-0.39, 0.29) is 6.10 Å². The predicted molar refractivity (Wildman–Crippen MR) is 81.3 cm³/mol. The second kappa shape index (κ2) is 5.78. The van der Waals surface area contributed by atoms with Gasteiger partial charge in [0.2, 0.25) is 11.8 Å². The van der Waals surface area contributed by atoms with Crippen LogP contribution in [0.4, 0.5) is 5.95 Å². The maximum Gasteiger partial charge on any atom is 0.245 e. The molecule has 108 valence electrons. The Labute approximate surface area is 122 Å². The summed E-state index contributed by atoms with van der Waals surface area (Å²) in [5.41, 5.74) is 2.39. The van der Waals surface area contributed by atoms with Gasteiger partial charge in [-0.05, 0) is 19.4 Å². The first-order valence-corrected chi connectivity index (χ1v) is 6.94. The molecular weight excluding hydrogens is 266 g/mol. The van der Waals surface area contributed by atoms with Crippen molar-refractivity contribution in [3.8, 4) is 5.88 Å². The van der Waals surface area contributed by atoms with Crippen LogP contribution in [0.3, 0.4) is 0 Å². The molecule has 6 nitrogen and oxygen atoms in total. The lowest BCUT2D eigenvalue weighted by atomic mass is 10.1. The van der Waals surface area contributed by atoms with E-state index in [1.54, 1.807) is 6.33 Å². The summed E-state index contributed by atoms with van der Waals surface area (Å²) in [7, 11) is 0.